The van der Waals surface area contributed by atoms with E-state index in [4.69, 9.17) is 14.5 Å². The van der Waals surface area contributed by atoms with E-state index in [1.54, 1.807) is 17.7 Å². The number of para-hydroxylation sites is 1. The van der Waals surface area contributed by atoms with Crippen LogP contribution in [0.15, 0.2) is 77.6 Å². The maximum absolute atomic E-state index is 14.0. The third-order valence-corrected chi connectivity index (χ3v) is 6.89. The predicted octanol–water partition coefficient (Wildman–Crippen LogP) is 5.98. The Morgan fingerprint density at radius 2 is 1.69 bits per heavy atom. The average molecular weight is 528 g/mol. The second-order valence-electron chi connectivity index (χ2n) is 9.37. The van der Waals surface area contributed by atoms with E-state index < -0.39 is 6.04 Å². The van der Waals surface area contributed by atoms with Crippen molar-refractivity contribution in [2.75, 3.05) is 26.9 Å². The Balaban J connectivity index is 1.88. The van der Waals surface area contributed by atoms with Gasteiger partial charge in [0.2, 0.25) is 0 Å². The van der Waals surface area contributed by atoms with Gasteiger partial charge in [-0.25, -0.2) is 4.98 Å². The van der Waals surface area contributed by atoms with Crippen LogP contribution in [0.1, 0.15) is 61.4 Å². The van der Waals surface area contributed by atoms with Crippen LogP contribution in [-0.2, 0) is 11.2 Å². The van der Waals surface area contributed by atoms with Gasteiger partial charge in [0, 0.05) is 25.8 Å². The molecule has 0 saturated heterocycles. The molecule has 0 N–H and O–H groups in total. The molecule has 0 bridgehead atoms. The maximum Gasteiger partial charge on any atom is 0.266 e. The van der Waals surface area contributed by atoms with Crippen LogP contribution in [0.5, 0.6) is 5.75 Å². The number of hydrogen-bond acceptors (Lipinski definition) is 5. The summed E-state index contributed by atoms with van der Waals surface area (Å²) in [6.07, 6.45) is 2.14. The highest BCUT2D eigenvalue weighted by Gasteiger charge is 2.29. The van der Waals surface area contributed by atoms with Crippen molar-refractivity contribution in [1.82, 2.24) is 14.5 Å². The molecule has 1 aromatic heterocycles. The summed E-state index contributed by atoms with van der Waals surface area (Å²) in [6, 6.07) is 22.1. The van der Waals surface area contributed by atoms with Crippen LogP contribution in [0.4, 0.5) is 0 Å². The average Bonchev–Trinajstić information content (AvgIpc) is 2.97. The molecular formula is C32H37N3O4. The summed E-state index contributed by atoms with van der Waals surface area (Å²) in [5.74, 6) is 1.16. The molecule has 204 valence electrons. The first-order valence-corrected chi connectivity index (χ1v) is 13.7. The van der Waals surface area contributed by atoms with Gasteiger partial charge >= 0.3 is 0 Å². The highest BCUT2D eigenvalue weighted by molar-refractivity contribution is 5.94. The Morgan fingerprint density at radius 1 is 0.974 bits per heavy atom. The topological polar surface area (TPSA) is 73.7 Å². The summed E-state index contributed by atoms with van der Waals surface area (Å²) >= 11 is 0. The van der Waals surface area contributed by atoms with Crippen LogP contribution in [0.3, 0.4) is 0 Å². The van der Waals surface area contributed by atoms with Crippen LogP contribution in [0.25, 0.3) is 16.6 Å². The van der Waals surface area contributed by atoms with Crippen LogP contribution < -0.4 is 10.3 Å². The lowest BCUT2D eigenvalue weighted by Gasteiger charge is -2.32. The highest BCUT2D eigenvalue weighted by atomic mass is 16.5. The molecule has 1 unspecified atom stereocenters. The van der Waals surface area contributed by atoms with Crippen molar-refractivity contribution in [2.24, 2.45) is 0 Å². The van der Waals surface area contributed by atoms with E-state index in [0.29, 0.717) is 60.6 Å². The van der Waals surface area contributed by atoms with Gasteiger partial charge in [0.25, 0.3) is 11.5 Å². The molecular weight excluding hydrogens is 490 g/mol. The van der Waals surface area contributed by atoms with E-state index in [0.717, 1.165) is 12.2 Å². The van der Waals surface area contributed by atoms with Crippen molar-refractivity contribution in [3.05, 3.63) is 100 Å². The molecule has 7 heteroatoms. The lowest BCUT2D eigenvalue weighted by molar-refractivity contribution is 0.0634. The fourth-order valence-electron chi connectivity index (χ4n) is 4.85. The molecule has 4 aromatic rings. The van der Waals surface area contributed by atoms with Gasteiger partial charge in [-0.3, -0.25) is 14.2 Å². The Labute approximate surface area is 230 Å². The minimum atomic E-state index is -0.441. The number of hydrogen-bond donors (Lipinski definition) is 0. The van der Waals surface area contributed by atoms with Gasteiger partial charge in [-0.05, 0) is 80.3 Å². The Kier molecular flexibility index (Phi) is 9.49. The van der Waals surface area contributed by atoms with Crippen LogP contribution >= 0.6 is 0 Å². The zero-order valence-corrected chi connectivity index (χ0v) is 23.2. The summed E-state index contributed by atoms with van der Waals surface area (Å²) in [5.41, 5.74) is 2.89. The quantitative estimate of drug-likeness (QED) is 0.212. The molecule has 4 rings (SSSR count). The van der Waals surface area contributed by atoms with E-state index in [2.05, 4.69) is 6.92 Å². The van der Waals surface area contributed by atoms with Gasteiger partial charge in [0.1, 0.15) is 11.6 Å². The molecule has 0 aliphatic heterocycles. The fourth-order valence-corrected chi connectivity index (χ4v) is 4.85. The van der Waals surface area contributed by atoms with Gasteiger partial charge < -0.3 is 14.4 Å². The van der Waals surface area contributed by atoms with Gasteiger partial charge in [-0.2, -0.15) is 0 Å². The molecule has 39 heavy (non-hydrogen) atoms. The van der Waals surface area contributed by atoms with Crippen LogP contribution in [0.2, 0.25) is 0 Å². The SMILES string of the molecule is CCOc1ccc(-n2c(C(CC)N(CCCOC)C(=O)c3ccc(CC)cc3)nc3ccccc3c2=O)cc1. The molecule has 0 fully saturated rings. The fraction of sp³-hybridized carbons (Fsp3) is 0.344. The first-order valence-electron chi connectivity index (χ1n) is 13.7. The molecule has 0 aliphatic rings. The van der Waals surface area contributed by atoms with E-state index >= 15 is 0 Å². The zero-order chi connectivity index (χ0) is 27.8. The van der Waals surface area contributed by atoms with Crippen molar-refractivity contribution in [3.8, 4) is 11.4 Å². The van der Waals surface area contributed by atoms with Gasteiger partial charge in [-0.1, -0.05) is 38.1 Å². The number of methoxy groups -OCH3 is 1. The highest BCUT2D eigenvalue weighted by Crippen LogP contribution is 2.28. The Hall–Kier alpha value is -3.97. The first-order chi connectivity index (χ1) is 19.0. The van der Waals surface area contributed by atoms with E-state index in [1.165, 1.54) is 5.56 Å². The molecule has 0 radical (unpaired) electrons. The summed E-state index contributed by atoms with van der Waals surface area (Å²) in [7, 11) is 1.65. The zero-order valence-electron chi connectivity index (χ0n) is 23.2. The summed E-state index contributed by atoms with van der Waals surface area (Å²) < 4.78 is 12.6. The number of benzene rings is 3. The van der Waals surface area contributed by atoms with Crippen molar-refractivity contribution >= 4 is 16.8 Å². The third kappa shape index (κ3) is 6.20. The molecule has 7 nitrogen and oxygen atoms in total. The summed E-state index contributed by atoms with van der Waals surface area (Å²) in [4.78, 5) is 34.8. The predicted molar refractivity (Wildman–Crippen MR) is 155 cm³/mol. The molecule has 3 aromatic carbocycles. The van der Waals surface area contributed by atoms with E-state index in [1.807, 2.05) is 85.5 Å². The maximum atomic E-state index is 14.0. The number of nitrogens with zero attached hydrogens (tertiary/aromatic N) is 3. The van der Waals surface area contributed by atoms with Crippen molar-refractivity contribution < 1.29 is 14.3 Å². The van der Waals surface area contributed by atoms with E-state index in [-0.39, 0.29) is 11.5 Å². The van der Waals surface area contributed by atoms with Gasteiger partial charge in [0.15, 0.2) is 0 Å². The monoisotopic (exact) mass is 527 g/mol. The molecule has 1 amide bonds. The lowest BCUT2D eigenvalue weighted by atomic mass is 10.1. The number of aryl methyl sites for hydroxylation is 1. The lowest BCUT2D eigenvalue weighted by Crippen LogP contribution is -2.39. The minimum absolute atomic E-state index is 0.0961. The largest absolute Gasteiger partial charge is 0.494 e. The van der Waals surface area contributed by atoms with Crippen molar-refractivity contribution in [3.63, 3.8) is 0 Å². The summed E-state index contributed by atoms with van der Waals surface area (Å²) in [5, 5.41) is 0.525. The first kappa shape index (κ1) is 28.0. The Morgan fingerprint density at radius 3 is 2.33 bits per heavy atom. The van der Waals surface area contributed by atoms with Gasteiger partial charge in [-0.15, -0.1) is 0 Å². The van der Waals surface area contributed by atoms with Crippen LogP contribution in [0, 0.1) is 0 Å². The van der Waals surface area contributed by atoms with E-state index in [9.17, 15) is 9.59 Å². The number of aromatic nitrogens is 2. The normalized spacial score (nSPS) is 11.9. The number of rotatable bonds is 12. The third-order valence-electron chi connectivity index (χ3n) is 6.89. The molecule has 0 spiro atoms. The van der Waals surface area contributed by atoms with Gasteiger partial charge in [0.05, 0.1) is 29.2 Å². The molecule has 1 atom stereocenters. The standard InChI is InChI=1S/C32H37N3O4/c1-5-23-13-15-24(16-14-23)31(36)34(21-10-22-38-4)29(6-2)30-33-28-12-9-8-11-27(28)32(37)35(30)25-17-19-26(20-18-25)39-7-3/h8-9,11-20,29H,5-7,10,21-22H2,1-4H3. The van der Waals surface area contributed by atoms with Crippen molar-refractivity contribution in [1.29, 1.82) is 0 Å². The Bertz CT molecular complexity index is 1450. The number of ether oxygens (including phenoxy) is 2. The summed E-state index contributed by atoms with van der Waals surface area (Å²) in [6.45, 7) is 7.58. The van der Waals surface area contributed by atoms with Crippen molar-refractivity contribution in [2.45, 2.75) is 46.1 Å². The number of fused-ring (bicyclic) bond motifs is 1. The number of carbonyl (C=O) groups excluding carboxylic acids is 1. The molecule has 0 saturated carbocycles. The number of amides is 1. The van der Waals surface area contributed by atoms with Crippen LogP contribution in [-0.4, -0.2) is 47.2 Å². The molecule has 1 heterocycles. The second kappa shape index (κ2) is 13.2. The number of carbonyl (C=O) groups is 1. The minimum Gasteiger partial charge on any atom is -0.494 e. The molecule has 0 aliphatic carbocycles. The smallest absolute Gasteiger partial charge is 0.266 e. The second-order valence-corrected chi connectivity index (χ2v) is 9.37.